The molecule has 1 atom stereocenters. The first-order chi connectivity index (χ1) is 11.8. The summed E-state index contributed by atoms with van der Waals surface area (Å²) in [5, 5.41) is 1.97. The predicted molar refractivity (Wildman–Crippen MR) is 88.4 cm³/mol. The van der Waals surface area contributed by atoms with Crippen molar-refractivity contribution in [2.24, 2.45) is 0 Å². The molecule has 1 N–H and O–H groups in total. The molecular weight excluding hydrogens is 348 g/mol. The number of carbonyl (C=O) groups excluding carboxylic acids is 2. The van der Waals surface area contributed by atoms with Crippen LogP contribution in [-0.2, 0) is 30.7 Å². The van der Waals surface area contributed by atoms with Crippen molar-refractivity contribution in [1.29, 1.82) is 0 Å². The molecule has 2 aliphatic rings. The van der Waals surface area contributed by atoms with Crippen LogP contribution in [0.3, 0.4) is 0 Å². The fourth-order valence-electron chi connectivity index (χ4n) is 3.21. The summed E-state index contributed by atoms with van der Waals surface area (Å²) in [4.78, 5) is 28.3. The van der Waals surface area contributed by atoms with Gasteiger partial charge >= 0.3 is 0 Å². The number of sulfone groups is 1. The second-order valence-electron chi connectivity index (χ2n) is 6.67. The molecule has 25 heavy (non-hydrogen) atoms. The third-order valence-corrected chi connectivity index (χ3v) is 6.77. The van der Waals surface area contributed by atoms with Gasteiger partial charge in [0.15, 0.2) is 9.84 Å². The zero-order valence-electron chi connectivity index (χ0n) is 14.1. The predicted octanol–water partition coefficient (Wildman–Crippen LogP) is -1.20. The number of likely N-dealkylation sites (tertiary alicyclic amines) is 1. The van der Waals surface area contributed by atoms with Gasteiger partial charge in [0.05, 0.1) is 31.8 Å². The van der Waals surface area contributed by atoms with E-state index in [2.05, 4.69) is 10.3 Å². The summed E-state index contributed by atoms with van der Waals surface area (Å²) >= 11 is 0. The van der Waals surface area contributed by atoms with Gasteiger partial charge in [-0.3, -0.25) is 9.59 Å². The van der Waals surface area contributed by atoms with Crippen molar-refractivity contribution < 1.29 is 22.7 Å². The molecule has 3 heterocycles. The lowest BCUT2D eigenvalue weighted by Crippen LogP contribution is -2.70. The van der Waals surface area contributed by atoms with Gasteiger partial charge in [-0.25, -0.2) is 13.4 Å². The van der Waals surface area contributed by atoms with Gasteiger partial charge in [0.1, 0.15) is 10.9 Å². The number of amides is 2. The summed E-state index contributed by atoms with van der Waals surface area (Å²) in [7, 11) is -3.31. The molecule has 0 saturated carbocycles. The molecule has 2 amide bonds. The molecule has 0 aromatic carbocycles. The van der Waals surface area contributed by atoms with E-state index < -0.39 is 20.7 Å². The van der Waals surface area contributed by atoms with Crippen LogP contribution in [-0.4, -0.2) is 77.5 Å². The van der Waals surface area contributed by atoms with Crippen LogP contribution < -0.4 is 5.32 Å². The van der Waals surface area contributed by atoms with Gasteiger partial charge in [-0.2, -0.15) is 0 Å². The molecule has 1 aromatic rings. The lowest BCUT2D eigenvalue weighted by atomic mass is 9.95. The minimum absolute atomic E-state index is 0.0746. The van der Waals surface area contributed by atoms with Crippen LogP contribution in [0.5, 0.6) is 0 Å². The highest BCUT2D eigenvalue weighted by atomic mass is 32.2. The highest BCUT2D eigenvalue weighted by molar-refractivity contribution is 7.92. The Balaban J connectivity index is 1.51. The van der Waals surface area contributed by atoms with E-state index >= 15 is 0 Å². The number of hydrogen-bond donors (Lipinski definition) is 1. The van der Waals surface area contributed by atoms with Gasteiger partial charge < -0.3 is 19.5 Å². The van der Waals surface area contributed by atoms with Crippen LogP contribution in [0.1, 0.15) is 13.3 Å². The molecule has 1 aromatic heterocycles. The minimum Gasteiger partial charge on any atom is -0.369 e. The summed E-state index contributed by atoms with van der Waals surface area (Å²) in [6, 6.07) is 0. The van der Waals surface area contributed by atoms with Crippen molar-refractivity contribution in [2.45, 2.75) is 30.7 Å². The Kier molecular flexibility index (Phi) is 4.83. The molecule has 2 aliphatic heterocycles. The Bertz CT molecular complexity index is 740. The van der Waals surface area contributed by atoms with Crippen LogP contribution in [0.4, 0.5) is 0 Å². The zero-order valence-corrected chi connectivity index (χ0v) is 14.9. The third kappa shape index (κ3) is 4.01. The van der Waals surface area contributed by atoms with E-state index in [0.29, 0.717) is 6.54 Å². The average Bonchev–Trinajstić information content (AvgIpc) is 2.99. The summed E-state index contributed by atoms with van der Waals surface area (Å²) in [5.41, 5.74) is -0.784. The molecule has 0 bridgehead atoms. The zero-order chi connectivity index (χ0) is 18.1. The van der Waals surface area contributed by atoms with Crippen LogP contribution in [0.25, 0.3) is 0 Å². The highest BCUT2D eigenvalue weighted by Crippen LogP contribution is 2.33. The number of imidazole rings is 1. The van der Waals surface area contributed by atoms with Gasteiger partial charge in [0.2, 0.25) is 11.8 Å². The number of ether oxygens (including phenoxy) is 1. The Hall–Kier alpha value is -1.94. The van der Waals surface area contributed by atoms with Crippen molar-refractivity contribution in [3.8, 4) is 0 Å². The van der Waals surface area contributed by atoms with Crippen molar-refractivity contribution in [3.63, 3.8) is 0 Å². The molecule has 138 valence electrons. The number of nitrogens with one attached hydrogen (secondary N) is 1. The lowest BCUT2D eigenvalue weighted by molar-refractivity contribution is -0.165. The second-order valence-corrected chi connectivity index (χ2v) is 8.95. The van der Waals surface area contributed by atoms with Crippen LogP contribution in [0, 0.1) is 0 Å². The Morgan fingerprint density at radius 2 is 2.16 bits per heavy atom. The maximum Gasteiger partial charge on any atom is 0.224 e. The third-order valence-electron chi connectivity index (χ3n) is 4.54. The number of aromatic nitrogens is 2. The average molecular weight is 370 g/mol. The van der Waals surface area contributed by atoms with Crippen molar-refractivity contribution >= 4 is 21.7 Å². The number of hydrogen-bond acceptors (Lipinski definition) is 6. The van der Waals surface area contributed by atoms with E-state index in [0.717, 1.165) is 0 Å². The number of rotatable bonds is 5. The van der Waals surface area contributed by atoms with Crippen molar-refractivity contribution in [1.82, 2.24) is 19.8 Å². The Morgan fingerprint density at radius 1 is 1.40 bits per heavy atom. The molecule has 2 fully saturated rings. The van der Waals surface area contributed by atoms with Gasteiger partial charge in [-0.15, -0.1) is 0 Å². The number of nitrogens with zero attached hydrogens (tertiary/aromatic N) is 3. The van der Waals surface area contributed by atoms with Crippen LogP contribution >= 0.6 is 0 Å². The molecule has 10 heteroatoms. The first kappa shape index (κ1) is 17.9. The van der Waals surface area contributed by atoms with E-state index in [1.165, 1.54) is 6.92 Å². The Labute approximate surface area is 146 Å². The lowest BCUT2D eigenvalue weighted by Gasteiger charge is -2.52. The normalized spacial score (nSPS) is 23.9. The van der Waals surface area contributed by atoms with E-state index in [1.807, 2.05) is 0 Å². The summed E-state index contributed by atoms with van der Waals surface area (Å²) in [6.45, 7) is 2.67. The fourth-order valence-corrected chi connectivity index (χ4v) is 5.12. The smallest absolute Gasteiger partial charge is 0.224 e. The molecule has 3 rings (SSSR count). The molecule has 2 saturated heterocycles. The van der Waals surface area contributed by atoms with Crippen molar-refractivity contribution in [2.75, 3.05) is 32.0 Å². The van der Waals surface area contributed by atoms with Gasteiger partial charge in [-0.1, -0.05) is 0 Å². The van der Waals surface area contributed by atoms with Crippen LogP contribution in [0.2, 0.25) is 0 Å². The van der Waals surface area contributed by atoms with Crippen molar-refractivity contribution in [3.05, 3.63) is 18.7 Å². The second kappa shape index (κ2) is 6.75. The SMILES string of the molecule is CC(=O)NCCC(=O)N1CC2(C1)CS(=O)(=O)[C@@H](Cn1ccnc1)CO2. The van der Waals surface area contributed by atoms with Gasteiger partial charge in [0, 0.05) is 38.8 Å². The fraction of sp³-hybridized carbons (Fsp3) is 0.667. The molecule has 1 spiro atoms. The Morgan fingerprint density at radius 3 is 2.76 bits per heavy atom. The van der Waals surface area contributed by atoms with E-state index in [-0.39, 0.29) is 50.2 Å². The molecule has 0 aliphatic carbocycles. The van der Waals surface area contributed by atoms with Crippen LogP contribution in [0.15, 0.2) is 18.7 Å². The van der Waals surface area contributed by atoms with E-state index in [9.17, 15) is 18.0 Å². The first-order valence-electron chi connectivity index (χ1n) is 8.13. The monoisotopic (exact) mass is 370 g/mol. The minimum atomic E-state index is -3.31. The standard InChI is InChI=1S/C15H22N4O5S/c1-12(20)17-3-2-14(21)19-8-15(9-19)10-25(22,23)13(7-24-15)6-18-5-4-16-11-18/h4-5,11,13H,2-3,6-10H2,1H3,(H,17,20)/t13-/m0/s1. The maximum atomic E-state index is 12.6. The van der Waals surface area contributed by atoms with E-state index in [1.54, 1.807) is 28.2 Å². The summed E-state index contributed by atoms with van der Waals surface area (Å²) in [6.07, 6.45) is 5.11. The maximum absolute atomic E-state index is 12.6. The summed E-state index contributed by atoms with van der Waals surface area (Å²) in [5.74, 6) is -0.367. The highest BCUT2D eigenvalue weighted by Gasteiger charge is 2.53. The van der Waals surface area contributed by atoms with Gasteiger partial charge in [0.25, 0.3) is 0 Å². The van der Waals surface area contributed by atoms with Gasteiger partial charge in [-0.05, 0) is 0 Å². The quantitative estimate of drug-likeness (QED) is 0.697. The molecule has 9 nitrogen and oxygen atoms in total. The molecule has 0 radical (unpaired) electrons. The topological polar surface area (TPSA) is 111 Å². The summed E-state index contributed by atoms with van der Waals surface area (Å²) < 4.78 is 32.7. The molecule has 0 unspecified atom stereocenters. The first-order valence-corrected chi connectivity index (χ1v) is 9.85. The van der Waals surface area contributed by atoms with E-state index in [4.69, 9.17) is 4.74 Å². The number of carbonyl (C=O) groups is 2. The molecular formula is C15H22N4O5S. The largest absolute Gasteiger partial charge is 0.369 e.